The SMILES string of the molecule is CN=C(NCc1ccsc1)NCc1cccc(NC(=O)CC(C)C)c1.I. The van der Waals surface area contributed by atoms with Crippen LogP contribution in [0.5, 0.6) is 0 Å². The van der Waals surface area contributed by atoms with Gasteiger partial charge in [-0.2, -0.15) is 11.3 Å². The number of aliphatic imine (C=N–C) groups is 1. The van der Waals surface area contributed by atoms with Gasteiger partial charge in [-0.05, 0) is 46.0 Å². The number of nitrogens with zero attached hydrogens (tertiary/aromatic N) is 1. The zero-order chi connectivity index (χ0) is 18.1. The highest BCUT2D eigenvalue weighted by atomic mass is 127. The number of anilines is 1. The van der Waals surface area contributed by atoms with Crippen LogP contribution < -0.4 is 16.0 Å². The molecule has 1 aromatic heterocycles. The quantitative estimate of drug-likeness (QED) is 0.312. The molecular formula is C19H27IN4OS. The maximum atomic E-state index is 11.9. The first kappa shape index (κ1) is 22.4. The van der Waals surface area contributed by atoms with Gasteiger partial charge in [0.2, 0.25) is 5.91 Å². The van der Waals surface area contributed by atoms with Crippen molar-refractivity contribution in [3.05, 3.63) is 52.2 Å². The molecule has 2 rings (SSSR count). The lowest BCUT2D eigenvalue weighted by Crippen LogP contribution is -2.36. The Morgan fingerprint density at radius 3 is 2.50 bits per heavy atom. The first-order valence-corrected chi connectivity index (χ1v) is 9.35. The average molecular weight is 486 g/mol. The number of benzene rings is 1. The maximum Gasteiger partial charge on any atom is 0.224 e. The summed E-state index contributed by atoms with van der Waals surface area (Å²) in [5.41, 5.74) is 3.15. The molecule has 0 saturated heterocycles. The third-order valence-corrected chi connectivity index (χ3v) is 4.26. The van der Waals surface area contributed by atoms with E-state index >= 15 is 0 Å². The topological polar surface area (TPSA) is 65.5 Å². The first-order chi connectivity index (χ1) is 12.1. The van der Waals surface area contributed by atoms with Crippen LogP contribution in [0.25, 0.3) is 0 Å². The van der Waals surface area contributed by atoms with Crippen molar-refractivity contribution in [1.29, 1.82) is 0 Å². The largest absolute Gasteiger partial charge is 0.352 e. The molecule has 7 heteroatoms. The number of hydrogen-bond acceptors (Lipinski definition) is 3. The van der Waals surface area contributed by atoms with Gasteiger partial charge in [-0.1, -0.05) is 26.0 Å². The molecule has 0 aliphatic carbocycles. The van der Waals surface area contributed by atoms with Gasteiger partial charge in [0.15, 0.2) is 5.96 Å². The van der Waals surface area contributed by atoms with E-state index in [1.165, 1.54) is 5.56 Å². The molecule has 5 nitrogen and oxygen atoms in total. The van der Waals surface area contributed by atoms with Crippen molar-refractivity contribution in [2.45, 2.75) is 33.4 Å². The van der Waals surface area contributed by atoms with Crippen LogP contribution in [0.3, 0.4) is 0 Å². The Kier molecular flexibility index (Phi) is 10.3. The van der Waals surface area contributed by atoms with Crippen molar-refractivity contribution < 1.29 is 4.79 Å². The van der Waals surface area contributed by atoms with Crippen molar-refractivity contribution in [1.82, 2.24) is 10.6 Å². The van der Waals surface area contributed by atoms with Gasteiger partial charge in [0.05, 0.1) is 0 Å². The molecule has 0 aliphatic heterocycles. The first-order valence-electron chi connectivity index (χ1n) is 8.41. The van der Waals surface area contributed by atoms with E-state index < -0.39 is 0 Å². The van der Waals surface area contributed by atoms with E-state index in [0.29, 0.717) is 18.9 Å². The molecule has 0 fully saturated rings. The van der Waals surface area contributed by atoms with Crippen LogP contribution >= 0.6 is 35.3 Å². The van der Waals surface area contributed by atoms with E-state index in [1.807, 2.05) is 38.1 Å². The number of nitrogens with one attached hydrogen (secondary N) is 3. The number of amides is 1. The normalized spacial score (nSPS) is 11.0. The second-order valence-electron chi connectivity index (χ2n) is 6.26. The third kappa shape index (κ3) is 8.18. The molecule has 2 aromatic rings. The molecule has 142 valence electrons. The molecule has 1 heterocycles. The Hall–Kier alpha value is -1.61. The third-order valence-electron chi connectivity index (χ3n) is 3.53. The number of rotatable bonds is 7. The molecule has 0 radical (unpaired) electrons. The summed E-state index contributed by atoms with van der Waals surface area (Å²) in [4.78, 5) is 16.1. The molecule has 0 aliphatic rings. The summed E-state index contributed by atoms with van der Waals surface area (Å²) < 4.78 is 0. The summed E-state index contributed by atoms with van der Waals surface area (Å²) in [7, 11) is 1.76. The lowest BCUT2D eigenvalue weighted by molar-refractivity contribution is -0.116. The van der Waals surface area contributed by atoms with Gasteiger partial charge in [0.1, 0.15) is 0 Å². The summed E-state index contributed by atoms with van der Waals surface area (Å²) in [5.74, 6) is 1.15. The van der Waals surface area contributed by atoms with Gasteiger partial charge in [0.25, 0.3) is 0 Å². The van der Waals surface area contributed by atoms with Gasteiger partial charge in [-0.25, -0.2) is 0 Å². The second kappa shape index (κ2) is 11.9. The Labute approximate surface area is 176 Å². The van der Waals surface area contributed by atoms with Crippen LogP contribution in [-0.2, 0) is 17.9 Å². The van der Waals surface area contributed by atoms with Crippen LogP contribution in [0.1, 0.15) is 31.4 Å². The van der Waals surface area contributed by atoms with Gasteiger partial charge in [-0.3, -0.25) is 9.79 Å². The van der Waals surface area contributed by atoms with Gasteiger partial charge in [-0.15, -0.1) is 24.0 Å². The van der Waals surface area contributed by atoms with Crippen molar-refractivity contribution in [3.63, 3.8) is 0 Å². The van der Waals surface area contributed by atoms with Crippen molar-refractivity contribution in [3.8, 4) is 0 Å². The zero-order valence-corrected chi connectivity index (χ0v) is 18.6. The smallest absolute Gasteiger partial charge is 0.224 e. The van der Waals surface area contributed by atoms with E-state index in [4.69, 9.17) is 0 Å². The lowest BCUT2D eigenvalue weighted by atomic mass is 10.1. The molecule has 0 saturated carbocycles. The molecular weight excluding hydrogens is 459 g/mol. The van der Waals surface area contributed by atoms with Gasteiger partial charge < -0.3 is 16.0 Å². The highest BCUT2D eigenvalue weighted by Gasteiger charge is 2.06. The van der Waals surface area contributed by atoms with Crippen LogP contribution in [0.2, 0.25) is 0 Å². The highest BCUT2D eigenvalue weighted by Crippen LogP contribution is 2.12. The van der Waals surface area contributed by atoms with E-state index in [0.717, 1.165) is 23.8 Å². The number of hydrogen-bond donors (Lipinski definition) is 3. The summed E-state index contributed by atoms with van der Waals surface area (Å²) in [6.07, 6.45) is 0.529. The molecule has 0 atom stereocenters. The highest BCUT2D eigenvalue weighted by molar-refractivity contribution is 14.0. The minimum atomic E-state index is 0. The Balaban J connectivity index is 0.00000338. The average Bonchev–Trinajstić information content (AvgIpc) is 3.08. The monoisotopic (exact) mass is 486 g/mol. The summed E-state index contributed by atoms with van der Waals surface area (Å²) in [6, 6.07) is 9.96. The summed E-state index contributed by atoms with van der Waals surface area (Å²) >= 11 is 1.68. The van der Waals surface area contributed by atoms with Crippen LogP contribution in [0, 0.1) is 5.92 Å². The van der Waals surface area contributed by atoms with Crippen LogP contribution in [0.15, 0.2) is 46.1 Å². The second-order valence-corrected chi connectivity index (χ2v) is 7.04. The number of halogens is 1. The fourth-order valence-electron chi connectivity index (χ4n) is 2.33. The fourth-order valence-corrected chi connectivity index (χ4v) is 3.00. The minimum absolute atomic E-state index is 0. The number of thiophene rings is 1. The number of carbonyl (C=O) groups is 1. The molecule has 0 bridgehead atoms. The van der Waals surface area contributed by atoms with Crippen molar-refractivity contribution in [2.75, 3.05) is 12.4 Å². The van der Waals surface area contributed by atoms with Gasteiger partial charge >= 0.3 is 0 Å². The lowest BCUT2D eigenvalue weighted by Gasteiger charge is -2.12. The Morgan fingerprint density at radius 1 is 1.15 bits per heavy atom. The molecule has 1 aromatic carbocycles. The number of carbonyl (C=O) groups excluding carboxylic acids is 1. The van der Waals surface area contributed by atoms with Crippen molar-refractivity contribution in [2.24, 2.45) is 10.9 Å². The van der Waals surface area contributed by atoms with Gasteiger partial charge in [0, 0.05) is 32.2 Å². The molecule has 0 spiro atoms. The molecule has 0 unspecified atom stereocenters. The summed E-state index contributed by atoms with van der Waals surface area (Å²) in [5, 5.41) is 13.7. The standard InChI is InChI=1S/C19H26N4OS.HI/c1-14(2)9-18(24)23-17-6-4-5-15(10-17)11-21-19(20-3)22-12-16-7-8-25-13-16;/h4-8,10,13-14H,9,11-12H2,1-3H3,(H,23,24)(H2,20,21,22);1H. The predicted molar refractivity (Wildman–Crippen MR) is 121 cm³/mol. The fraction of sp³-hybridized carbons (Fsp3) is 0.368. The van der Waals surface area contributed by atoms with Crippen molar-refractivity contribution >= 4 is 52.9 Å². The Bertz CT molecular complexity index is 701. The molecule has 3 N–H and O–H groups in total. The molecule has 1 amide bonds. The maximum absolute atomic E-state index is 11.9. The summed E-state index contributed by atoms with van der Waals surface area (Å²) in [6.45, 7) is 5.45. The van der Waals surface area contributed by atoms with E-state index in [1.54, 1.807) is 18.4 Å². The van der Waals surface area contributed by atoms with E-state index in [2.05, 4.69) is 37.8 Å². The van der Waals surface area contributed by atoms with Crippen LogP contribution in [0.4, 0.5) is 5.69 Å². The zero-order valence-electron chi connectivity index (χ0n) is 15.4. The van der Waals surface area contributed by atoms with Crippen LogP contribution in [-0.4, -0.2) is 18.9 Å². The Morgan fingerprint density at radius 2 is 1.88 bits per heavy atom. The van der Waals surface area contributed by atoms with E-state index in [9.17, 15) is 4.79 Å². The predicted octanol–water partition coefficient (Wildman–Crippen LogP) is 4.22. The molecule has 26 heavy (non-hydrogen) atoms. The van der Waals surface area contributed by atoms with E-state index in [-0.39, 0.29) is 29.9 Å². The minimum Gasteiger partial charge on any atom is -0.352 e. The number of guanidine groups is 1.